The number of hydrogen-bond acceptors (Lipinski definition) is 12. The van der Waals surface area contributed by atoms with Crippen molar-refractivity contribution in [1.82, 2.24) is 60.0 Å². The number of carbonyl (C=O) groups is 12. The Morgan fingerprint density at radius 1 is 0.667 bits per heavy atom. The van der Waals surface area contributed by atoms with Gasteiger partial charge in [-0.2, -0.15) is 13.2 Å². The Morgan fingerprint density at radius 3 is 1.87 bits per heavy atom. The molecule has 0 bridgehead atoms. The number of nitrogens with one attached hydrogen (secondary N) is 3. The van der Waals surface area contributed by atoms with Crippen LogP contribution in [0.15, 0.2) is 42.5 Å². The van der Waals surface area contributed by atoms with Crippen LogP contribution in [0.3, 0.4) is 0 Å². The number of fused-ring (bicyclic) bond motifs is 1. The summed E-state index contributed by atoms with van der Waals surface area (Å²) < 4.78 is 42.0. The first-order valence-corrected chi connectivity index (χ1v) is 37.9. The average Bonchev–Trinajstić information content (AvgIpc) is 1.77. The summed E-state index contributed by atoms with van der Waals surface area (Å²) >= 11 is 6.22. The molecule has 0 aromatic heterocycles. The van der Waals surface area contributed by atoms with Gasteiger partial charge in [0.2, 0.25) is 70.9 Å². The number of halogens is 4. The molecule has 2 heterocycles. The molecule has 10 atom stereocenters. The molecule has 5 aliphatic rings. The van der Waals surface area contributed by atoms with E-state index in [0.717, 1.165) is 72.4 Å². The summed E-state index contributed by atoms with van der Waals surface area (Å²) in [5.41, 5.74) is -1.03. The van der Waals surface area contributed by atoms with E-state index in [0.29, 0.717) is 37.7 Å². The topological polar surface area (TPSA) is 270 Å². The molecule has 1 unspecified atom stereocenters. The lowest BCUT2D eigenvalue weighted by molar-refractivity contribution is -0.160. The fraction of sp³-hybridized carbons (Fsp3) is 0.688. The minimum Gasteiger partial charge on any atom is -0.347 e. The molecule has 2 aromatic carbocycles. The van der Waals surface area contributed by atoms with Crippen LogP contribution in [0.4, 0.5) is 13.2 Å². The lowest BCUT2D eigenvalue weighted by Crippen LogP contribution is -2.65. The highest BCUT2D eigenvalue weighted by molar-refractivity contribution is 6.31. The zero-order valence-corrected chi connectivity index (χ0v) is 65.0. The standard InChI is InChI=1S/C77H114ClF3N12O12/c1-16-48(5)64-73(103)87(10)49(6)68(98)93-38-35-57(93)72(102)90(13)60(42-50-26-18-17-19-27-50)71(101)86(9)45-62(94)82-56(34-32-51-31-33-54(55(78)41-51)77(79,80)81)69(99)89(12)59(43-52-28-24-25-47(4)40-52)67(97)84-76(36-22-23-37-76)75(105)92(15)65(53-29-20-21-30-53)74(104)91(14)61(70(100)85(7)8)44-63(95)88(11)58(39-46(2)3)66(96)83-64/h24-25,28,31,33,40-41,46,48-50,53,56-61,64-65H,16-23,26-27,29-30,32,34-39,42-45H2,1-15H3,(H,82,94)(H,83,96)(H,84,97)/t48-,49-,56-,57?,58-,59-,60-,61-,64-,65-/m0/s1. The van der Waals surface area contributed by atoms with E-state index in [9.17, 15) is 46.7 Å². The number of benzene rings is 2. The highest BCUT2D eigenvalue weighted by Gasteiger charge is 2.52. The number of alkyl halides is 3. The van der Waals surface area contributed by atoms with Crippen molar-refractivity contribution in [2.45, 2.75) is 242 Å². The molecule has 2 saturated heterocycles. The van der Waals surface area contributed by atoms with E-state index in [1.165, 1.54) is 111 Å². The molecule has 3 saturated carbocycles. The Labute approximate surface area is 622 Å². The quantitative estimate of drug-likeness (QED) is 0.183. The van der Waals surface area contributed by atoms with Crippen LogP contribution in [0, 0.1) is 30.6 Å². The highest BCUT2D eigenvalue weighted by atomic mass is 35.5. The summed E-state index contributed by atoms with van der Waals surface area (Å²) in [6.07, 6.45) is 3.04. The molecule has 7 rings (SSSR count). The number of rotatable bonds is 13. The SMILES string of the molecule is CC[C@H](C)[C@@H]1NC(=O)[C@H](CC(C)C)N(C)C(=O)C[C@@H](C(=O)N(C)C)N(C)C(=O)[C@H](C2CCCC2)N(C)C(=O)C2(CCCC2)NC(=O)[C@H](Cc2cccc(C)c2)N(C)C(=O)[C@H](CCc2ccc(C(F)(F)F)c(Cl)c2)NC(=O)CN(C)C(=O)[C@H](CC2CCCCC2)N(C)C(=O)C2CCN2C(=O)[C@H](C)N(C)C1=O. The molecular weight excluding hydrogens is 1380 g/mol. The van der Waals surface area contributed by atoms with Gasteiger partial charge in [0.25, 0.3) is 0 Å². The molecule has 2 aromatic rings. The van der Waals surface area contributed by atoms with Crippen LogP contribution in [-0.2, 0) is 76.6 Å². The molecule has 12 amide bonds. The minimum absolute atomic E-state index is 0.00485. The molecule has 3 aliphatic carbocycles. The van der Waals surface area contributed by atoms with E-state index in [1.54, 1.807) is 19.1 Å². The summed E-state index contributed by atoms with van der Waals surface area (Å²) in [5, 5.41) is 8.22. The van der Waals surface area contributed by atoms with Gasteiger partial charge in [0.15, 0.2) is 0 Å². The van der Waals surface area contributed by atoms with Crippen LogP contribution in [0.25, 0.3) is 0 Å². The third-order valence-corrected chi connectivity index (χ3v) is 23.3. The number of likely N-dealkylation sites (N-methyl/N-ethyl adjacent to an activating group) is 8. The van der Waals surface area contributed by atoms with Gasteiger partial charge in [-0.3, -0.25) is 57.5 Å². The maximum absolute atomic E-state index is 15.9. The summed E-state index contributed by atoms with van der Waals surface area (Å²) in [7, 11) is 12.9. The monoisotopic (exact) mass is 1490 g/mol. The van der Waals surface area contributed by atoms with E-state index in [1.807, 2.05) is 39.8 Å². The van der Waals surface area contributed by atoms with Crippen LogP contribution < -0.4 is 16.0 Å². The van der Waals surface area contributed by atoms with E-state index in [2.05, 4.69) is 16.0 Å². The van der Waals surface area contributed by atoms with Crippen molar-refractivity contribution < 1.29 is 70.7 Å². The molecule has 2 aliphatic heterocycles. The predicted molar refractivity (Wildman–Crippen MR) is 391 cm³/mol. The zero-order valence-electron chi connectivity index (χ0n) is 64.2. The maximum Gasteiger partial charge on any atom is 0.417 e. The van der Waals surface area contributed by atoms with Gasteiger partial charge in [0.05, 0.1) is 23.6 Å². The molecule has 5 fully saturated rings. The van der Waals surface area contributed by atoms with Crippen LogP contribution in [-0.4, -0.2) is 251 Å². The van der Waals surface area contributed by atoms with Crippen LogP contribution in [0.1, 0.15) is 179 Å². The Kier molecular flexibility index (Phi) is 29.5. The minimum atomic E-state index is -4.78. The number of nitrogens with zero attached hydrogens (tertiary/aromatic N) is 9. The van der Waals surface area contributed by atoms with Crippen LogP contribution in [0.2, 0.25) is 5.02 Å². The molecule has 0 radical (unpaired) electrons. The lowest BCUT2D eigenvalue weighted by Gasteiger charge is -2.45. The van der Waals surface area contributed by atoms with E-state index >= 15 is 24.0 Å². The van der Waals surface area contributed by atoms with Gasteiger partial charge in [0, 0.05) is 76.4 Å². The van der Waals surface area contributed by atoms with Crippen molar-refractivity contribution in [1.29, 1.82) is 0 Å². The molecular formula is C77H114ClF3N12O12. The Bertz CT molecular complexity index is 3490. The van der Waals surface area contributed by atoms with Crippen LogP contribution >= 0.6 is 11.6 Å². The summed E-state index contributed by atoms with van der Waals surface area (Å²) in [4.78, 5) is 193. The number of hydrogen-bond donors (Lipinski definition) is 3. The summed E-state index contributed by atoms with van der Waals surface area (Å²) in [5.74, 6) is -9.16. The van der Waals surface area contributed by atoms with Crippen molar-refractivity contribution >= 4 is 82.5 Å². The first kappa shape index (κ1) is 84.4. The largest absolute Gasteiger partial charge is 0.417 e. The van der Waals surface area contributed by atoms with Crippen LogP contribution in [0.5, 0.6) is 0 Å². The number of aryl methyl sites for hydroxylation is 2. The molecule has 3 N–H and O–H groups in total. The second-order valence-electron chi connectivity index (χ2n) is 31.1. The van der Waals surface area contributed by atoms with E-state index in [4.69, 9.17) is 11.6 Å². The van der Waals surface area contributed by atoms with Gasteiger partial charge in [-0.25, -0.2) is 0 Å². The molecule has 105 heavy (non-hydrogen) atoms. The van der Waals surface area contributed by atoms with Gasteiger partial charge >= 0.3 is 6.18 Å². The lowest BCUT2D eigenvalue weighted by atomic mass is 9.84. The second-order valence-corrected chi connectivity index (χ2v) is 31.5. The maximum atomic E-state index is 15.9. The number of carbonyl (C=O) groups excluding carboxylic acids is 12. The number of amides is 12. The van der Waals surface area contributed by atoms with E-state index in [-0.39, 0.29) is 75.3 Å². The first-order chi connectivity index (χ1) is 49.3. The normalized spacial score (nSPS) is 26.5. The molecule has 1 spiro atoms. The third kappa shape index (κ3) is 20.5. The van der Waals surface area contributed by atoms with Gasteiger partial charge < -0.3 is 60.0 Å². The predicted octanol–water partition coefficient (Wildman–Crippen LogP) is 7.03. The second kappa shape index (κ2) is 36.6. The van der Waals surface area contributed by atoms with E-state index < -0.39 is 172 Å². The molecule has 24 nitrogen and oxygen atoms in total. The van der Waals surface area contributed by atoms with Crippen molar-refractivity contribution in [3.05, 3.63) is 69.7 Å². The highest BCUT2D eigenvalue weighted by Crippen LogP contribution is 2.39. The first-order valence-electron chi connectivity index (χ1n) is 37.5. The fourth-order valence-electron chi connectivity index (χ4n) is 15.9. The van der Waals surface area contributed by atoms with Crippen molar-refractivity contribution in [2.24, 2.45) is 23.7 Å². The van der Waals surface area contributed by atoms with Gasteiger partial charge in [-0.15, -0.1) is 0 Å². The van der Waals surface area contributed by atoms with Crippen molar-refractivity contribution in [3.8, 4) is 0 Å². The Hall–Kier alpha value is -7.84. The van der Waals surface area contributed by atoms with Gasteiger partial charge in [0.1, 0.15) is 59.9 Å². The molecule has 28 heteroatoms. The molecule has 582 valence electrons. The van der Waals surface area contributed by atoms with Crippen molar-refractivity contribution in [3.63, 3.8) is 0 Å². The Balaban J connectivity index is 1.34. The fourth-order valence-corrected chi connectivity index (χ4v) is 16.2. The van der Waals surface area contributed by atoms with Gasteiger partial charge in [-0.1, -0.05) is 139 Å². The Morgan fingerprint density at radius 2 is 1.30 bits per heavy atom. The third-order valence-electron chi connectivity index (χ3n) is 22.9. The van der Waals surface area contributed by atoms with Gasteiger partial charge in [-0.05, 0) is 119 Å². The summed E-state index contributed by atoms with van der Waals surface area (Å²) in [6, 6.07) is -1.04. The smallest absolute Gasteiger partial charge is 0.347 e. The summed E-state index contributed by atoms with van der Waals surface area (Å²) in [6.45, 7) is 10.2. The van der Waals surface area contributed by atoms with Crippen molar-refractivity contribution in [2.75, 3.05) is 76.5 Å². The average molecular weight is 1490 g/mol. The zero-order chi connectivity index (χ0) is 77.9.